The van der Waals surface area contributed by atoms with E-state index in [2.05, 4.69) is 5.32 Å². The first-order chi connectivity index (χ1) is 25.8. The van der Waals surface area contributed by atoms with Gasteiger partial charge in [0.05, 0.1) is 26.7 Å². The second kappa shape index (κ2) is 20.7. The molecule has 0 radical (unpaired) electrons. The zero-order chi connectivity index (χ0) is 41.6. The summed E-state index contributed by atoms with van der Waals surface area (Å²) in [7, 11) is 1.92. The lowest BCUT2D eigenvalue weighted by Gasteiger charge is -2.51. The molecule has 1 aliphatic heterocycles. The van der Waals surface area contributed by atoms with E-state index in [0.29, 0.717) is 10.5 Å². The van der Waals surface area contributed by atoms with Crippen molar-refractivity contribution in [3.05, 3.63) is 35.9 Å². The second-order valence-electron chi connectivity index (χ2n) is 12.1. The third kappa shape index (κ3) is 13.0. The summed E-state index contributed by atoms with van der Waals surface area (Å²) in [5.41, 5.74) is 0.613. The SMILES string of the molecule is COC(=O)[C@@H](NC(=O)OCc1ccccc1)[C@@H](C)O[C@]1(C(=O)OC)C[C@H](OC(C)=O)[C@@H](N(C(C)=O)C(C)=O)[C@H]([C@H](OC(C)=O)[C@@H](COC(C)=O)OC(C)=O)O1. The molecule has 20 heteroatoms. The first kappa shape index (κ1) is 45.5. The average Bonchev–Trinajstić information content (AvgIpc) is 3.10. The molecule has 1 aromatic carbocycles. The normalized spacial score (nSPS) is 21.1. The molecule has 1 aromatic rings. The fraction of sp³-hybridized carbons (Fsp3) is 0.571. The molecule has 3 amide bonds. The van der Waals surface area contributed by atoms with Crippen molar-refractivity contribution >= 4 is 53.7 Å². The number of hydrogen-bond acceptors (Lipinski definition) is 18. The van der Waals surface area contributed by atoms with Crippen molar-refractivity contribution in [2.75, 3.05) is 20.8 Å². The van der Waals surface area contributed by atoms with Crippen molar-refractivity contribution in [2.45, 2.75) is 110 Å². The van der Waals surface area contributed by atoms with Gasteiger partial charge in [-0.05, 0) is 12.5 Å². The molecule has 0 aliphatic carbocycles. The van der Waals surface area contributed by atoms with Crippen molar-refractivity contribution in [3.63, 3.8) is 0 Å². The van der Waals surface area contributed by atoms with Gasteiger partial charge in [0.25, 0.3) is 5.79 Å². The Morgan fingerprint density at radius 2 is 1.42 bits per heavy atom. The second-order valence-corrected chi connectivity index (χ2v) is 12.1. The Morgan fingerprint density at radius 1 is 0.818 bits per heavy atom. The fourth-order valence-corrected chi connectivity index (χ4v) is 5.80. The Labute approximate surface area is 316 Å². The Morgan fingerprint density at radius 3 is 1.91 bits per heavy atom. The molecule has 0 spiro atoms. The van der Waals surface area contributed by atoms with Crippen LogP contribution in [0.15, 0.2) is 30.3 Å². The number of alkyl carbamates (subject to hydrolysis) is 1. The summed E-state index contributed by atoms with van der Waals surface area (Å²) in [6, 6.07) is 5.05. The number of nitrogens with one attached hydrogen (secondary N) is 1. The van der Waals surface area contributed by atoms with E-state index in [0.717, 1.165) is 55.8 Å². The minimum Gasteiger partial charge on any atom is -0.467 e. The van der Waals surface area contributed by atoms with Gasteiger partial charge in [0.1, 0.15) is 31.5 Å². The maximum Gasteiger partial charge on any atom is 0.408 e. The van der Waals surface area contributed by atoms with E-state index in [-0.39, 0.29) is 6.61 Å². The number of benzene rings is 1. The number of ether oxygens (including phenoxy) is 9. The average molecular weight is 783 g/mol. The van der Waals surface area contributed by atoms with E-state index in [9.17, 15) is 43.2 Å². The Kier molecular flexibility index (Phi) is 17.2. The topological polar surface area (TPSA) is 252 Å². The first-order valence-electron chi connectivity index (χ1n) is 16.7. The summed E-state index contributed by atoms with van der Waals surface area (Å²) in [5.74, 6) is -11.0. The van der Waals surface area contributed by atoms with Crippen molar-refractivity contribution in [2.24, 2.45) is 0 Å². The molecule has 8 atom stereocenters. The van der Waals surface area contributed by atoms with E-state index < -0.39 is 115 Å². The van der Waals surface area contributed by atoms with Gasteiger partial charge in [-0.25, -0.2) is 14.4 Å². The van der Waals surface area contributed by atoms with Crippen LogP contribution in [0.25, 0.3) is 0 Å². The van der Waals surface area contributed by atoms with Gasteiger partial charge >= 0.3 is 41.9 Å². The highest BCUT2D eigenvalue weighted by molar-refractivity contribution is 5.93. The largest absolute Gasteiger partial charge is 0.467 e. The van der Waals surface area contributed by atoms with Crippen LogP contribution in [-0.4, -0.2) is 128 Å². The summed E-state index contributed by atoms with van der Waals surface area (Å²) >= 11 is 0. The van der Waals surface area contributed by atoms with Crippen LogP contribution in [0.1, 0.15) is 60.5 Å². The van der Waals surface area contributed by atoms with Gasteiger partial charge in [0.2, 0.25) is 11.8 Å². The number of carbonyl (C=O) groups excluding carboxylic acids is 9. The van der Waals surface area contributed by atoms with Crippen molar-refractivity contribution in [1.82, 2.24) is 10.2 Å². The molecule has 2 rings (SSSR count). The van der Waals surface area contributed by atoms with Crippen LogP contribution in [-0.2, 0) is 87.6 Å². The molecule has 1 aliphatic rings. The Balaban J connectivity index is 2.83. The van der Waals surface area contributed by atoms with Gasteiger partial charge in [0, 0.05) is 41.5 Å². The molecule has 0 unspecified atom stereocenters. The summed E-state index contributed by atoms with van der Waals surface area (Å²) in [6.07, 6.45) is -11.1. The van der Waals surface area contributed by atoms with Crippen molar-refractivity contribution in [1.29, 1.82) is 0 Å². The summed E-state index contributed by atoms with van der Waals surface area (Å²) in [4.78, 5) is 116. The molecule has 0 aromatic heterocycles. The third-order valence-electron chi connectivity index (χ3n) is 7.85. The van der Waals surface area contributed by atoms with Gasteiger partial charge in [-0.3, -0.25) is 33.7 Å². The predicted molar refractivity (Wildman–Crippen MR) is 181 cm³/mol. The minimum absolute atomic E-state index is 0.199. The number of hydrogen-bond donors (Lipinski definition) is 1. The van der Waals surface area contributed by atoms with E-state index in [1.807, 2.05) is 0 Å². The Bertz CT molecular complexity index is 1570. The van der Waals surface area contributed by atoms with E-state index in [1.54, 1.807) is 30.3 Å². The van der Waals surface area contributed by atoms with Crippen molar-refractivity contribution < 1.29 is 85.8 Å². The maximum atomic E-state index is 13.8. The standard InChI is InChI=1S/C35H46N2O18/c1-18(28(32(44)47-8)36-34(46)50-16-25-13-11-10-12-14-25)54-35(33(45)48-9)15-26(51-22(5)41)29(37(19(2)38)20(3)39)31(55-35)30(53-24(7)43)27(52-23(6)42)17-49-21(4)40/h10-14,18,26-31H,15-17H2,1-9H3,(H,36,46)/t18-,26+,27-,28+,29-,30-,31-,35-/m1/s1. The number of carbonyl (C=O) groups is 9. The quantitative estimate of drug-likeness (QED) is 0.178. The predicted octanol–water partition coefficient (Wildman–Crippen LogP) is 0.640. The molecular formula is C35H46N2O18. The van der Waals surface area contributed by atoms with E-state index >= 15 is 0 Å². The third-order valence-corrected chi connectivity index (χ3v) is 7.85. The maximum absolute atomic E-state index is 13.8. The number of imide groups is 1. The van der Waals surface area contributed by atoms with Gasteiger partial charge in [-0.15, -0.1) is 0 Å². The zero-order valence-corrected chi connectivity index (χ0v) is 31.8. The number of rotatable bonds is 16. The summed E-state index contributed by atoms with van der Waals surface area (Å²) < 4.78 is 49.0. The van der Waals surface area contributed by atoms with Crippen LogP contribution in [0.5, 0.6) is 0 Å². The molecule has 1 N–H and O–H groups in total. The highest BCUT2D eigenvalue weighted by Gasteiger charge is 2.62. The van der Waals surface area contributed by atoms with Crippen LogP contribution < -0.4 is 5.32 Å². The molecule has 1 saturated heterocycles. The summed E-state index contributed by atoms with van der Waals surface area (Å²) in [5, 5.41) is 2.30. The number of nitrogens with zero attached hydrogens (tertiary/aromatic N) is 1. The molecule has 1 heterocycles. The number of amides is 3. The van der Waals surface area contributed by atoms with Gasteiger partial charge in [-0.1, -0.05) is 30.3 Å². The van der Waals surface area contributed by atoms with E-state index in [4.69, 9.17) is 42.6 Å². The lowest BCUT2D eigenvalue weighted by atomic mass is 9.86. The van der Waals surface area contributed by atoms with Gasteiger partial charge < -0.3 is 47.9 Å². The monoisotopic (exact) mass is 782 g/mol. The molecule has 55 heavy (non-hydrogen) atoms. The molecule has 1 fully saturated rings. The molecule has 0 saturated carbocycles. The molecular weight excluding hydrogens is 736 g/mol. The van der Waals surface area contributed by atoms with Crippen molar-refractivity contribution in [3.8, 4) is 0 Å². The lowest BCUT2D eigenvalue weighted by molar-refractivity contribution is -0.330. The van der Waals surface area contributed by atoms with Crippen LogP contribution in [0.2, 0.25) is 0 Å². The lowest BCUT2D eigenvalue weighted by Crippen LogP contribution is -2.71. The van der Waals surface area contributed by atoms with E-state index in [1.165, 1.54) is 6.92 Å². The highest BCUT2D eigenvalue weighted by Crippen LogP contribution is 2.40. The molecule has 0 bridgehead atoms. The van der Waals surface area contributed by atoms with Crippen LogP contribution in [0.3, 0.4) is 0 Å². The van der Waals surface area contributed by atoms with Crippen LogP contribution in [0.4, 0.5) is 4.79 Å². The fourth-order valence-electron chi connectivity index (χ4n) is 5.80. The highest BCUT2D eigenvalue weighted by atomic mass is 16.7. The minimum atomic E-state index is -2.79. The first-order valence-corrected chi connectivity index (χ1v) is 16.7. The van der Waals surface area contributed by atoms with Crippen LogP contribution >= 0.6 is 0 Å². The smallest absolute Gasteiger partial charge is 0.408 e. The zero-order valence-electron chi connectivity index (χ0n) is 31.8. The van der Waals surface area contributed by atoms with Gasteiger partial charge in [0.15, 0.2) is 18.2 Å². The molecule has 304 valence electrons. The number of methoxy groups -OCH3 is 2. The van der Waals surface area contributed by atoms with Gasteiger partial charge in [-0.2, -0.15) is 0 Å². The summed E-state index contributed by atoms with van der Waals surface area (Å²) in [6.45, 7) is 6.10. The van der Waals surface area contributed by atoms with Crippen LogP contribution in [0, 0.1) is 0 Å². The number of esters is 6. The molecule has 20 nitrogen and oxygen atoms in total. The Hall–Kier alpha value is -5.63.